The number of thiazole rings is 1. The number of amidine groups is 1. The van der Waals surface area contributed by atoms with Gasteiger partial charge in [-0.15, -0.1) is 11.3 Å². The SMILES string of the molecule is C[C@H]1C[C@H]2CSC(N)=N[C@@]2(c2nc(NC(=O)c3cn(C)cn3)cs2)CO1. The van der Waals surface area contributed by atoms with E-state index in [1.165, 1.54) is 11.3 Å². The van der Waals surface area contributed by atoms with Crippen molar-refractivity contribution in [1.82, 2.24) is 14.5 Å². The summed E-state index contributed by atoms with van der Waals surface area (Å²) in [7, 11) is 1.82. The molecule has 0 bridgehead atoms. The zero-order chi connectivity index (χ0) is 18.3. The number of aryl methyl sites for hydroxylation is 1. The van der Waals surface area contributed by atoms with Gasteiger partial charge < -0.3 is 20.4 Å². The van der Waals surface area contributed by atoms with E-state index in [-0.39, 0.29) is 12.0 Å². The van der Waals surface area contributed by atoms with Crippen LogP contribution < -0.4 is 11.1 Å². The van der Waals surface area contributed by atoms with Gasteiger partial charge in [0.1, 0.15) is 22.1 Å². The lowest BCUT2D eigenvalue weighted by Gasteiger charge is -2.44. The number of imidazole rings is 1. The lowest BCUT2D eigenvalue weighted by molar-refractivity contribution is -0.0466. The minimum Gasteiger partial charge on any atom is -0.379 e. The number of hydrogen-bond acceptors (Lipinski definition) is 8. The minimum atomic E-state index is -0.555. The molecular weight excluding hydrogens is 372 g/mol. The fourth-order valence-corrected chi connectivity index (χ4v) is 5.29. The molecule has 0 radical (unpaired) electrons. The van der Waals surface area contributed by atoms with E-state index in [1.807, 2.05) is 12.4 Å². The van der Waals surface area contributed by atoms with Crippen LogP contribution in [0.3, 0.4) is 0 Å². The van der Waals surface area contributed by atoms with Crippen molar-refractivity contribution in [1.29, 1.82) is 0 Å². The summed E-state index contributed by atoms with van der Waals surface area (Å²) in [6, 6.07) is 0. The van der Waals surface area contributed by atoms with Crippen molar-refractivity contribution in [2.24, 2.45) is 23.7 Å². The molecule has 0 saturated carbocycles. The first-order valence-corrected chi connectivity index (χ1v) is 10.2. The molecule has 4 heterocycles. The van der Waals surface area contributed by atoms with Crippen molar-refractivity contribution >= 4 is 40.0 Å². The molecule has 0 spiro atoms. The summed E-state index contributed by atoms with van der Waals surface area (Å²) in [5, 5.41) is 6.02. The third-order valence-electron chi connectivity index (χ3n) is 4.68. The first-order valence-electron chi connectivity index (χ1n) is 8.31. The minimum absolute atomic E-state index is 0.200. The van der Waals surface area contributed by atoms with Crippen molar-refractivity contribution in [2.45, 2.75) is 25.0 Å². The van der Waals surface area contributed by atoms with Crippen LogP contribution in [0.1, 0.15) is 28.8 Å². The second-order valence-electron chi connectivity index (χ2n) is 6.66. The summed E-state index contributed by atoms with van der Waals surface area (Å²) in [4.78, 5) is 25.7. The summed E-state index contributed by atoms with van der Waals surface area (Å²) < 4.78 is 7.64. The van der Waals surface area contributed by atoms with Crippen molar-refractivity contribution < 1.29 is 9.53 Å². The summed E-state index contributed by atoms with van der Waals surface area (Å²) in [6.07, 6.45) is 4.37. The Bertz CT molecular complexity index is 863. The van der Waals surface area contributed by atoms with Gasteiger partial charge in [0.15, 0.2) is 5.17 Å². The highest BCUT2D eigenvalue weighted by Gasteiger charge is 2.49. The van der Waals surface area contributed by atoms with Crippen LogP contribution in [0.25, 0.3) is 0 Å². The number of aromatic nitrogens is 3. The van der Waals surface area contributed by atoms with Crippen LogP contribution in [0, 0.1) is 5.92 Å². The fourth-order valence-electron chi connectivity index (χ4n) is 3.32. The Kier molecular flexibility index (Phi) is 4.49. The predicted molar refractivity (Wildman–Crippen MR) is 103 cm³/mol. The van der Waals surface area contributed by atoms with E-state index in [2.05, 4.69) is 22.2 Å². The number of fused-ring (bicyclic) bond motifs is 1. The van der Waals surface area contributed by atoms with Crippen LogP contribution in [0.5, 0.6) is 0 Å². The van der Waals surface area contributed by atoms with Crippen molar-refractivity contribution in [2.75, 3.05) is 17.7 Å². The molecule has 26 heavy (non-hydrogen) atoms. The zero-order valence-electron chi connectivity index (χ0n) is 14.5. The highest BCUT2D eigenvalue weighted by molar-refractivity contribution is 8.13. The molecule has 3 N–H and O–H groups in total. The molecule has 1 fully saturated rings. The smallest absolute Gasteiger partial charge is 0.277 e. The first kappa shape index (κ1) is 17.5. The van der Waals surface area contributed by atoms with E-state index < -0.39 is 5.54 Å². The number of hydrogen-bond donors (Lipinski definition) is 2. The van der Waals surface area contributed by atoms with Crippen molar-refractivity contribution in [3.63, 3.8) is 0 Å². The van der Waals surface area contributed by atoms with Gasteiger partial charge in [-0.3, -0.25) is 4.79 Å². The van der Waals surface area contributed by atoms with E-state index >= 15 is 0 Å². The number of anilines is 1. The van der Waals surface area contributed by atoms with Gasteiger partial charge in [-0.1, -0.05) is 11.8 Å². The molecular formula is C16H20N6O2S2. The van der Waals surface area contributed by atoms with Gasteiger partial charge in [0.25, 0.3) is 5.91 Å². The van der Waals surface area contributed by atoms with Crippen molar-refractivity contribution in [3.8, 4) is 0 Å². The number of carbonyl (C=O) groups excluding carboxylic acids is 1. The number of nitrogens with zero attached hydrogens (tertiary/aromatic N) is 4. The number of thioether (sulfide) groups is 1. The largest absolute Gasteiger partial charge is 0.379 e. The highest BCUT2D eigenvalue weighted by Crippen LogP contribution is 2.46. The van der Waals surface area contributed by atoms with Gasteiger partial charge in [0, 0.05) is 30.3 Å². The Morgan fingerprint density at radius 2 is 2.38 bits per heavy atom. The van der Waals surface area contributed by atoms with E-state index in [0.717, 1.165) is 17.2 Å². The van der Waals surface area contributed by atoms with Crippen LogP contribution in [0.4, 0.5) is 5.82 Å². The standard InChI is InChI=1S/C16H20N6O2S2/c1-9-3-10-5-26-15(17)21-16(10,7-24-9)14-20-12(6-25-14)19-13(23)11-4-22(2)8-18-11/h4,6,8-10H,3,5,7H2,1-2H3,(H2,17,21)(H,19,23)/t9-,10-,16-/m0/s1. The number of amides is 1. The van der Waals surface area contributed by atoms with Crippen LogP contribution >= 0.6 is 23.1 Å². The lowest BCUT2D eigenvalue weighted by atomic mass is 9.80. The first-order chi connectivity index (χ1) is 12.5. The molecule has 0 aromatic carbocycles. The molecule has 1 saturated heterocycles. The number of aliphatic imine (C=N–C) groups is 1. The average Bonchev–Trinajstić information content (AvgIpc) is 3.24. The average molecular weight is 393 g/mol. The topological polar surface area (TPSA) is 107 Å². The third-order valence-corrected chi connectivity index (χ3v) is 6.64. The predicted octanol–water partition coefficient (Wildman–Crippen LogP) is 1.81. The number of nitrogens with two attached hydrogens (primary N) is 1. The summed E-state index contributed by atoms with van der Waals surface area (Å²) in [5.41, 5.74) is 5.81. The van der Waals surface area contributed by atoms with Gasteiger partial charge in [0.2, 0.25) is 0 Å². The Morgan fingerprint density at radius 3 is 3.15 bits per heavy atom. The summed E-state index contributed by atoms with van der Waals surface area (Å²) >= 11 is 3.06. The molecule has 1 amide bonds. The molecule has 10 heteroatoms. The molecule has 2 aliphatic heterocycles. The number of nitrogens with one attached hydrogen (secondary N) is 1. The molecule has 138 valence electrons. The van der Waals surface area contributed by atoms with Gasteiger partial charge in [-0.05, 0) is 13.3 Å². The third kappa shape index (κ3) is 3.12. The molecule has 2 aromatic heterocycles. The maximum atomic E-state index is 12.3. The lowest BCUT2D eigenvalue weighted by Crippen LogP contribution is -2.49. The fraction of sp³-hybridized carbons (Fsp3) is 0.500. The van der Waals surface area contributed by atoms with E-state index in [1.54, 1.807) is 28.9 Å². The molecule has 3 atom stereocenters. The Balaban J connectivity index is 1.59. The van der Waals surface area contributed by atoms with Crippen LogP contribution in [0.15, 0.2) is 22.9 Å². The monoisotopic (exact) mass is 392 g/mol. The maximum Gasteiger partial charge on any atom is 0.277 e. The number of rotatable bonds is 3. The van der Waals surface area contributed by atoms with Crippen molar-refractivity contribution in [3.05, 3.63) is 28.6 Å². The molecule has 2 aliphatic rings. The van der Waals surface area contributed by atoms with Gasteiger partial charge in [0.05, 0.1) is 19.0 Å². The van der Waals surface area contributed by atoms with Gasteiger partial charge >= 0.3 is 0 Å². The van der Waals surface area contributed by atoms with Crippen LogP contribution in [-0.4, -0.2) is 44.1 Å². The summed E-state index contributed by atoms with van der Waals surface area (Å²) in [5.74, 6) is 1.43. The normalized spacial score (nSPS) is 28.3. The zero-order valence-corrected chi connectivity index (χ0v) is 16.1. The summed E-state index contributed by atoms with van der Waals surface area (Å²) in [6.45, 7) is 2.54. The molecule has 0 aliphatic carbocycles. The molecule has 2 aromatic rings. The van der Waals surface area contributed by atoms with Gasteiger partial charge in [-0.2, -0.15) is 0 Å². The maximum absolute atomic E-state index is 12.3. The van der Waals surface area contributed by atoms with Crippen LogP contribution in [-0.2, 0) is 17.3 Å². The second kappa shape index (κ2) is 6.67. The molecule has 8 nitrogen and oxygen atoms in total. The Hall–Kier alpha value is -1.91. The molecule has 4 rings (SSSR count). The number of carbonyl (C=O) groups is 1. The van der Waals surface area contributed by atoms with Gasteiger partial charge in [-0.25, -0.2) is 15.0 Å². The quantitative estimate of drug-likeness (QED) is 0.825. The van der Waals surface area contributed by atoms with E-state index in [9.17, 15) is 4.79 Å². The van der Waals surface area contributed by atoms with E-state index in [4.69, 9.17) is 15.5 Å². The van der Waals surface area contributed by atoms with E-state index in [0.29, 0.717) is 29.2 Å². The highest BCUT2D eigenvalue weighted by atomic mass is 32.2. The Morgan fingerprint density at radius 1 is 1.54 bits per heavy atom. The van der Waals surface area contributed by atoms with Crippen LogP contribution in [0.2, 0.25) is 0 Å². The molecule has 0 unspecified atom stereocenters. The number of ether oxygens (including phenoxy) is 1. The Labute approximate surface area is 159 Å². The second-order valence-corrected chi connectivity index (χ2v) is 8.55.